The molecule has 0 saturated carbocycles. The molecule has 0 bridgehead atoms. The lowest BCUT2D eigenvalue weighted by Gasteiger charge is -2.16. The van der Waals surface area contributed by atoms with E-state index in [0.717, 1.165) is 12.2 Å². The van der Waals surface area contributed by atoms with Gasteiger partial charge in [0.2, 0.25) is 0 Å². The maximum absolute atomic E-state index is 5.64. The van der Waals surface area contributed by atoms with Gasteiger partial charge in [0.25, 0.3) is 0 Å². The van der Waals surface area contributed by atoms with Crippen molar-refractivity contribution in [2.24, 2.45) is 0 Å². The molecule has 0 aliphatic carbocycles. The highest BCUT2D eigenvalue weighted by molar-refractivity contribution is 5.39. The Balaban J connectivity index is 2.31. The average Bonchev–Trinajstić information content (AvgIpc) is 2.22. The van der Waals surface area contributed by atoms with Gasteiger partial charge in [0.05, 0.1) is 0 Å². The first-order valence-electron chi connectivity index (χ1n) is 5.75. The number of hydrogen-bond donors (Lipinski definition) is 1. The molecule has 0 aliphatic rings. The number of rotatable bonds is 6. The molecule has 0 saturated heterocycles. The second-order valence-corrected chi connectivity index (χ2v) is 4.19. The SMILES string of the molecule is CCCCCN(C)Cc1ccc(N)cc1. The van der Waals surface area contributed by atoms with E-state index in [0.29, 0.717) is 0 Å². The van der Waals surface area contributed by atoms with Crippen LogP contribution in [0.15, 0.2) is 24.3 Å². The van der Waals surface area contributed by atoms with Gasteiger partial charge >= 0.3 is 0 Å². The minimum atomic E-state index is 0.840. The molecule has 2 N–H and O–H groups in total. The smallest absolute Gasteiger partial charge is 0.0314 e. The fourth-order valence-electron chi connectivity index (χ4n) is 1.65. The van der Waals surface area contributed by atoms with Crippen LogP contribution in [-0.2, 0) is 6.54 Å². The highest BCUT2D eigenvalue weighted by Gasteiger charge is 1.99. The molecule has 0 atom stereocenters. The van der Waals surface area contributed by atoms with Gasteiger partial charge in [-0.1, -0.05) is 31.9 Å². The molecular formula is C13H22N2. The molecule has 1 rings (SSSR count). The molecule has 1 aromatic carbocycles. The van der Waals surface area contributed by atoms with Crippen molar-refractivity contribution in [1.82, 2.24) is 4.90 Å². The highest BCUT2D eigenvalue weighted by atomic mass is 15.1. The number of nitrogen functional groups attached to an aromatic ring is 1. The Labute approximate surface area is 93.1 Å². The second-order valence-electron chi connectivity index (χ2n) is 4.19. The van der Waals surface area contributed by atoms with Crippen LogP contribution in [0.5, 0.6) is 0 Å². The minimum absolute atomic E-state index is 0.840. The first-order chi connectivity index (χ1) is 7.22. The van der Waals surface area contributed by atoms with Gasteiger partial charge in [-0.3, -0.25) is 0 Å². The van der Waals surface area contributed by atoms with Crippen molar-refractivity contribution in [1.29, 1.82) is 0 Å². The lowest BCUT2D eigenvalue weighted by Crippen LogP contribution is -2.18. The van der Waals surface area contributed by atoms with E-state index in [-0.39, 0.29) is 0 Å². The van der Waals surface area contributed by atoms with Crippen LogP contribution in [0, 0.1) is 0 Å². The van der Waals surface area contributed by atoms with E-state index in [4.69, 9.17) is 5.73 Å². The topological polar surface area (TPSA) is 29.3 Å². The summed E-state index contributed by atoms with van der Waals surface area (Å²) in [6.07, 6.45) is 3.91. The number of nitrogens with two attached hydrogens (primary N) is 1. The van der Waals surface area contributed by atoms with Gasteiger partial charge < -0.3 is 10.6 Å². The third-order valence-electron chi connectivity index (χ3n) is 2.58. The quantitative estimate of drug-likeness (QED) is 0.573. The van der Waals surface area contributed by atoms with Crippen molar-refractivity contribution in [2.45, 2.75) is 32.7 Å². The van der Waals surface area contributed by atoms with E-state index in [1.807, 2.05) is 12.1 Å². The van der Waals surface area contributed by atoms with Crippen LogP contribution in [0.25, 0.3) is 0 Å². The summed E-state index contributed by atoms with van der Waals surface area (Å²) in [6, 6.07) is 8.14. The predicted molar refractivity (Wildman–Crippen MR) is 66.7 cm³/mol. The number of anilines is 1. The zero-order valence-electron chi connectivity index (χ0n) is 9.87. The molecule has 15 heavy (non-hydrogen) atoms. The van der Waals surface area contributed by atoms with Crippen LogP contribution < -0.4 is 5.73 Å². The molecule has 2 heteroatoms. The monoisotopic (exact) mass is 206 g/mol. The van der Waals surface area contributed by atoms with Crippen LogP contribution in [0.2, 0.25) is 0 Å². The lowest BCUT2D eigenvalue weighted by atomic mass is 10.2. The third kappa shape index (κ3) is 4.84. The van der Waals surface area contributed by atoms with Gasteiger partial charge in [0.15, 0.2) is 0 Å². The summed E-state index contributed by atoms with van der Waals surface area (Å²) in [5, 5.41) is 0. The maximum Gasteiger partial charge on any atom is 0.0314 e. The molecular weight excluding hydrogens is 184 g/mol. The summed E-state index contributed by atoms with van der Waals surface area (Å²) in [5.74, 6) is 0. The summed E-state index contributed by atoms with van der Waals surface area (Å²) in [4.78, 5) is 2.36. The van der Waals surface area contributed by atoms with Crippen LogP contribution in [0.3, 0.4) is 0 Å². The summed E-state index contributed by atoms with van der Waals surface area (Å²) < 4.78 is 0. The number of nitrogens with zero attached hydrogens (tertiary/aromatic N) is 1. The van der Waals surface area contributed by atoms with Crippen LogP contribution in [0.1, 0.15) is 31.7 Å². The van der Waals surface area contributed by atoms with Crippen molar-refractivity contribution in [2.75, 3.05) is 19.3 Å². The van der Waals surface area contributed by atoms with Gasteiger partial charge in [0.1, 0.15) is 0 Å². The van der Waals surface area contributed by atoms with E-state index in [1.54, 1.807) is 0 Å². The Hall–Kier alpha value is -1.02. The summed E-state index contributed by atoms with van der Waals surface area (Å²) in [6.45, 7) is 4.43. The lowest BCUT2D eigenvalue weighted by molar-refractivity contribution is 0.318. The second kappa shape index (κ2) is 6.46. The Kier molecular flexibility index (Phi) is 5.19. The number of benzene rings is 1. The van der Waals surface area contributed by atoms with Crippen molar-refractivity contribution in [3.05, 3.63) is 29.8 Å². The normalized spacial score (nSPS) is 10.9. The van der Waals surface area contributed by atoms with Crippen molar-refractivity contribution < 1.29 is 0 Å². The Morgan fingerprint density at radius 2 is 1.80 bits per heavy atom. The highest BCUT2D eigenvalue weighted by Crippen LogP contribution is 2.08. The van der Waals surface area contributed by atoms with Gasteiger partial charge in [-0.05, 0) is 37.7 Å². The van der Waals surface area contributed by atoms with Crippen LogP contribution in [-0.4, -0.2) is 18.5 Å². The van der Waals surface area contributed by atoms with Crippen molar-refractivity contribution in [3.63, 3.8) is 0 Å². The molecule has 1 aromatic rings. The van der Waals surface area contributed by atoms with Crippen LogP contribution in [0.4, 0.5) is 5.69 Å². The standard InChI is InChI=1S/C13H22N2/c1-3-4-5-10-15(2)11-12-6-8-13(14)9-7-12/h6-9H,3-5,10-11,14H2,1-2H3. The molecule has 0 aliphatic heterocycles. The molecule has 2 nitrogen and oxygen atoms in total. The molecule has 0 radical (unpaired) electrons. The van der Waals surface area contributed by atoms with Gasteiger partial charge in [-0.25, -0.2) is 0 Å². The first kappa shape index (κ1) is 12.1. The van der Waals surface area contributed by atoms with E-state index in [1.165, 1.54) is 31.4 Å². The number of unbranched alkanes of at least 4 members (excludes halogenated alkanes) is 2. The molecule has 0 amide bonds. The van der Waals surface area contributed by atoms with Gasteiger partial charge in [-0.2, -0.15) is 0 Å². The number of hydrogen-bond acceptors (Lipinski definition) is 2. The van der Waals surface area contributed by atoms with E-state index < -0.39 is 0 Å². The molecule has 0 unspecified atom stereocenters. The van der Waals surface area contributed by atoms with E-state index >= 15 is 0 Å². The van der Waals surface area contributed by atoms with E-state index in [9.17, 15) is 0 Å². The zero-order chi connectivity index (χ0) is 11.1. The van der Waals surface area contributed by atoms with Gasteiger partial charge in [-0.15, -0.1) is 0 Å². The largest absolute Gasteiger partial charge is 0.399 e. The minimum Gasteiger partial charge on any atom is -0.399 e. The summed E-state index contributed by atoms with van der Waals surface area (Å²) in [7, 11) is 2.17. The molecule has 0 spiro atoms. The van der Waals surface area contributed by atoms with Crippen molar-refractivity contribution >= 4 is 5.69 Å². The van der Waals surface area contributed by atoms with Crippen molar-refractivity contribution in [3.8, 4) is 0 Å². The Morgan fingerprint density at radius 3 is 2.40 bits per heavy atom. The molecule has 0 fully saturated rings. The average molecular weight is 206 g/mol. The van der Waals surface area contributed by atoms with Gasteiger partial charge in [0, 0.05) is 12.2 Å². The molecule has 84 valence electrons. The zero-order valence-corrected chi connectivity index (χ0v) is 9.87. The fourth-order valence-corrected chi connectivity index (χ4v) is 1.65. The first-order valence-corrected chi connectivity index (χ1v) is 5.75. The summed E-state index contributed by atoms with van der Waals surface area (Å²) in [5.41, 5.74) is 7.82. The summed E-state index contributed by atoms with van der Waals surface area (Å²) >= 11 is 0. The van der Waals surface area contributed by atoms with Crippen LogP contribution >= 0.6 is 0 Å². The fraction of sp³-hybridized carbons (Fsp3) is 0.538. The Bertz CT molecular complexity index is 266. The Morgan fingerprint density at radius 1 is 1.13 bits per heavy atom. The molecule has 0 aromatic heterocycles. The third-order valence-corrected chi connectivity index (χ3v) is 2.58. The predicted octanol–water partition coefficient (Wildman–Crippen LogP) is 2.89. The maximum atomic E-state index is 5.64. The molecule has 0 heterocycles. The van der Waals surface area contributed by atoms with E-state index in [2.05, 4.69) is 31.0 Å².